The highest BCUT2D eigenvalue weighted by molar-refractivity contribution is 4.90. The Morgan fingerprint density at radius 1 is 1.17 bits per heavy atom. The standard InChI is InChI=1S/C10H19NO/c1-8-5-6-10(12)9-4-2-3-7-11(8)9/h8-10,12H,2-7H2,1H3. The maximum atomic E-state index is 9.78. The van der Waals surface area contributed by atoms with Gasteiger partial charge in [-0.05, 0) is 39.2 Å². The number of aliphatic hydroxyl groups is 1. The van der Waals surface area contributed by atoms with Crippen molar-refractivity contribution >= 4 is 0 Å². The predicted octanol–water partition coefficient (Wildman–Crippen LogP) is 1.38. The Morgan fingerprint density at radius 3 is 2.75 bits per heavy atom. The van der Waals surface area contributed by atoms with Crippen LogP contribution >= 0.6 is 0 Å². The van der Waals surface area contributed by atoms with E-state index in [-0.39, 0.29) is 6.10 Å². The van der Waals surface area contributed by atoms with Gasteiger partial charge in [-0.3, -0.25) is 4.90 Å². The minimum atomic E-state index is -0.0403. The Balaban J connectivity index is 2.05. The summed E-state index contributed by atoms with van der Waals surface area (Å²) in [5, 5.41) is 9.78. The van der Waals surface area contributed by atoms with E-state index in [0.717, 1.165) is 6.42 Å². The lowest BCUT2D eigenvalue weighted by Gasteiger charge is -2.46. The van der Waals surface area contributed by atoms with Crippen molar-refractivity contribution in [3.63, 3.8) is 0 Å². The maximum absolute atomic E-state index is 9.78. The third kappa shape index (κ3) is 1.38. The molecule has 0 bridgehead atoms. The monoisotopic (exact) mass is 169 g/mol. The molecule has 1 N–H and O–H groups in total. The molecule has 2 saturated heterocycles. The molecule has 70 valence electrons. The Kier molecular flexibility index (Phi) is 2.37. The summed E-state index contributed by atoms with van der Waals surface area (Å²) in [6, 6.07) is 1.20. The van der Waals surface area contributed by atoms with E-state index in [1.54, 1.807) is 0 Å². The molecule has 0 aromatic heterocycles. The summed E-state index contributed by atoms with van der Waals surface area (Å²) < 4.78 is 0. The smallest absolute Gasteiger partial charge is 0.0696 e. The number of hydrogen-bond acceptors (Lipinski definition) is 2. The number of aliphatic hydroxyl groups excluding tert-OH is 1. The van der Waals surface area contributed by atoms with Crippen molar-refractivity contribution in [2.75, 3.05) is 6.54 Å². The quantitative estimate of drug-likeness (QED) is 0.592. The second-order valence-electron chi connectivity index (χ2n) is 4.29. The van der Waals surface area contributed by atoms with Crippen LogP contribution in [0.25, 0.3) is 0 Å². The van der Waals surface area contributed by atoms with Crippen LogP contribution in [-0.4, -0.2) is 34.7 Å². The number of rotatable bonds is 0. The zero-order valence-corrected chi connectivity index (χ0v) is 7.87. The van der Waals surface area contributed by atoms with Gasteiger partial charge in [-0.1, -0.05) is 6.42 Å². The van der Waals surface area contributed by atoms with Crippen LogP contribution in [0.1, 0.15) is 39.0 Å². The van der Waals surface area contributed by atoms with Crippen LogP contribution in [0.4, 0.5) is 0 Å². The van der Waals surface area contributed by atoms with Crippen LogP contribution in [0.5, 0.6) is 0 Å². The highest BCUT2D eigenvalue weighted by Crippen LogP contribution is 2.29. The van der Waals surface area contributed by atoms with Gasteiger partial charge in [0.25, 0.3) is 0 Å². The van der Waals surface area contributed by atoms with E-state index in [0.29, 0.717) is 12.1 Å². The fourth-order valence-corrected chi connectivity index (χ4v) is 2.71. The average Bonchev–Trinajstić information content (AvgIpc) is 2.12. The van der Waals surface area contributed by atoms with E-state index in [1.165, 1.54) is 32.2 Å². The zero-order valence-electron chi connectivity index (χ0n) is 7.87. The predicted molar refractivity (Wildman–Crippen MR) is 49.0 cm³/mol. The van der Waals surface area contributed by atoms with Crippen LogP contribution < -0.4 is 0 Å². The van der Waals surface area contributed by atoms with Crippen LogP contribution in [0.15, 0.2) is 0 Å². The molecule has 2 heterocycles. The van der Waals surface area contributed by atoms with Gasteiger partial charge in [0.2, 0.25) is 0 Å². The Bertz CT molecular complexity index is 142. The van der Waals surface area contributed by atoms with E-state index < -0.39 is 0 Å². The SMILES string of the molecule is CC1CCC(O)C2CCCCN12. The lowest BCUT2D eigenvalue weighted by Crippen LogP contribution is -2.54. The Labute approximate surface area is 74.6 Å². The molecule has 0 saturated carbocycles. The van der Waals surface area contributed by atoms with E-state index in [1.807, 2.05) is 0 Å². The summed E-state index contributed by atoms with van der Waals surface area (Å²) in [4.78, 5) is 2.51. The van der Waals surface area contributed by atoms with Gasteiger partial charge in [0.15, 0.2) is 0 Å². The maximum Gasteiger partial charge on any atom is 0.0696 e. The summed E-state index contributed by atoms with van der Waals surface area (Å²) in [5.74, 6) is 0. The fourth-order valence-electron chi connectivity index (χ4n) is 2.71. The van der Waals surface area contributed by atoms with Gasteiger partial charge in [0.1, 0.15) is 0 Å². The number of fused-ring (bicyclic) bond motifs is 1. The largest absolute Gasteiger partial charge is 0.391 e. The average molecular weight is 169 g/mol. The molecule has 12 heavy (non-hydrogen) atoms. The molecular weight excluding hydrogens is 150 g/mol. The summed E-state index contributed by atoms with van der Waals surface area (Å²) in [6.07, 6.45) is 6.01. The van der Waals surface area contributed by atoms with Crippen molar-refractivity contribution in [1.29, 1.82) is 0 Å². The molecule has 2 nitrogen and oxygen atoms in total. The molecule has 0 aromatic carbocycles. The van der Waals surface area contributed by atoms with Crippen LogP contribution in [-0.2, 0) is 0 Å². The molecule has 2 rings (SSSR count). The molecule has 3 unspecified atom stereocenters. The van der Waals surface area contributed by atoms with Gasteiger partial charge in [-0.15, -0.1) is 0 Å². The number of hydrogen-bond donors (Lipinski definition) is 1. The van der Waals surface area contributed by atoms with Crippen LogP contribution in [0, 0.1) is 0 Å². The van der Waals surface area contributed by atoms with E-state index in [4.69, 9.17) is 0 Å². The normalized spacial score (nSPS) is 44.0. The summed E-state index contributed by atoms with van der Waals surface area (Å²) in [5.41, 5.74) is 0. The first-order valence-corrected chi connectivity index (χ1v) is 5.23. The Hall–Kier alpha value is -0.0800. The molecule has 0 spiro atoms. The lowest BCUT2D eigenvalue weighted by atomic mass is 9.87. The summed E-state index contributed by atoms with van der Waals surface area (Å²) in [6.45, 7) is 3.51. The summed E-state index contributed by atoms with van der Waals surface area (Å²) in [7, 11) is 0. The van der Waals surface area contributed by atoms with Crippen molar-refractivity contribution < 1.29 is 5.11 Å². The van der Waals surface area contributed by atoms with Crippen molar-refractivity contribution in [2.45, 2.75) is 57.2 Å². The van der Waals surface area contributed by atoms with Crippen LogP contribution in [0.3, 0.4) is 0 Å². The van der Waals surface area contributed by atoms with Crippen molar-refractivity contribution in [3.05, 3.63) is 0 Å². The van der Waals surface area contributed by atoms with E-state index in [9.17, 15) is 5.11 Å². The van der Waals surface area contributed by atoms with E-state index in [2.05, 4.69) is 11.8 Å². The first kappa shape index (κ1) is 8.52. The Morgan fingerprint density at radius 2 is 2.00 bits per heavy atom. The van der Waals surface area contributed by atoms with Gasteiger partial charge in [-0.2, -0.15) is 0 Å². The van der Waals surface area contributed by atoms with Gasteiger partial charge in [-0.25, -0.2) is 0 Å². The first-order chi connectivity index (χ1) is 5.79. The highest BCUT2D eigenvalue weighted by Gasteiger charge is 2.35. The fraction of sp³-hybridized carbons (Fsp3) is 1.00. The number of piperidine rings is 2. The minimum absolute atomic E-state index is 0.0403. The number of nitrogens with zero attached hydrogens (tertiary/aromatic N) is 1. The molecule has 0 amide bonds. The molecule has 3 atom stereocenters. The second kappa shape index (κ2) is 3.35. The first-order valence-electron chi connectivity index (χ1n) is 5.23. The van der Waals surface area contributed by atoms with Crippen molar-refractivity contribution in [3.8, 4) is 0 Å². The molecule has 2 aliphatic heterocycles. The zero-order chi connectivity index (χ0) is 8.55. The molecule has 0 radical (unpaired) electrons. The van der Waals surface area contributed by atoms with Crippen LogP contribution in [0.2, 0.25) is 0 Å². The summed E-state index contributed by atoms with van der Waals surface area (Å²) >= 11 is 0. The third-order valence-corrected chi connectivity index (χ3v) is 3.48. The van der Waals surface area contributed by atoms with Gasteiger partial charge in [0.05, 0.1) is 6.10 Å². The molecule has 2 fully saturated rings. The van der Waals surface area contributed by atoms with Gasteiger partial charge in [0, 0.05) is 12.1 Å². The molecule has 0 aliphatic carbocycles. The topological polar surface area (TPSA) is 23.5 Å². The lowest BCUT2D eigenvalue weighted by molar-refractivity contribution is -0.0352. The van der Waals surface area contributed by atoms with E-state index >= 15 is 0 Å². The third-order valence-electron chi connectivity index (χ3n) is 3.48. The van der Waals surface area contributed by atoms with Crippen molar-refractivity contribution in [2.24, 2.45) is 0 Å². The molecule has 2 aliphatic rings. The second-order valence-corrected chi connectivity index (χ2v) is 4.29. The molecular formula is C10H19NO. The molecule has 0 aromatic rings. The minimum Gasteiger partial charge on any atom is -0.391 e. The van der Waals surface area contributed by atoms with Gasteiger partial charge < -0.3 is 5.11 Å². The molecule has 2 heteroatoms. The van der Waals surface area contributed by atoms with Gasteiger partial charge >= 0.3 is 0 Å². The highest BCUT2D eigenvalue weighted by atomic mass is 16.3. The van der Waals surface area contributed by atoms with Crippen molar-refractivity contribution in [1.82, 2.24) is 4.90 Å².